The molecule has 0 saturated heterocycles. The van der Waals surface area contributed by atoms with Crippen molar-refractivity contribution in [2.75, 3.05) is 0 Å². The Bertz CT molecular complexity index is 499. The molecule has 10 heteroatoms. The molecule has 0 aromatic heterocycles. The van der Waals surface area contributed by atoms with Crippen molar-refractivity contribution in [1.82, 2.24) is 0 Å². The zero-order valence-electron chi connectivity index (χ0n) is 6.65. The number of hydrogen-bond donors (Lipinski definition) is 2. The zero-order valence-corrected chi connectivity index (χ0v) is 8.29. The molecule has 82 valence electrons. The van der Waals surface area contributed by atoms with Crippen LogP contribution in [0.5, 0.6) is 0 Å². The van der Waals surface area contributed by atoms with Gasteiger partial charge in [-0.3, -0.25) is 9.11 Å². The Balaban J connectivity index is 0. The van der Waals surface area contributed by atoms with Gasteiger partial charge in [0.05, 0.1) is 0 Å². The van der Waals surface area contributed by atoms with Crippen LogP contribution >= 0.6 is 0 Å². The van der Waals surface area contributed by atoms with Gasteiger partial charge in [0, 0.05) is 0 Å². The number of benzene rings is 1. The van der Waals surface area contributed by atoms with E-state index in [9.17, 15) is 16.8 Å². The van der Waals surface area contributed by atoms with Gasteiger partial charge in [-0.2, -0.15) is 16.8 Å². The second-order valence-electron chi connectivity index (χ2n) is 2.40. The Morgan fingerprint density at radius 2 is 1.00 bits per heavy atom. The first-order chi connectivity index (χ1) is 6.23. The normalized spacial score (nSPS) is 11.1. The van der Waals surface area contributed by atoms with Gasteiger partial charge in [0.25, 0.3) is 20.2 Å². The standard InChI is InChI=1S/C6H6O6S2.2K.2H/c7-13(8,9)5-3-1-2-4-6(5)14(10,11)12;;;;/h1-4H,(H,7,8,9)(H,10,11,12);;;;. The molecular weight excluding hydrogens is 310 g/mol. The van der Waals surface area contributed by atoms with Crippen molar-refractivity contribution >= 4 is 123 Å². The molecule has 0 aliphatic rings. The van der Waals surface area contributed by atoms with E-state index in [4.69, 9.17) is 9.11 Å². The van der Waals surface area contributed by atoms with Crippen molar-refractivity contribution in [3.05, 3.63) is 24.3 Å². The molecule has 16 heavy (non-hydrogen) atoms. The van der Waals surface area contributed by atoms with Crippen LogP contribution in [-0.4, -0.2) is 129 Å². The SMILES string of the molecule is O=S(=O)(O)c1ccccc1S(=O)(=O)O.[KH].[KH]. The fourth-order valence-corrected chi connectivity index (χ4v) is 2.65. The van der Waals surface area contributed by atoms with Gasteiger partial charge in [-0.1, -0.05) is 12.1 Å². The maximum absolute atomic E-state index is 10.7. The van der Waals surface area contributed by atoms with Crippen LogP contribution in [0.3, 0.4) is 0 Å². The van der Waals surface area contributed by atoms with Gasteiger partial charge in [-0.25, -0.2) is 0 Å². The predicted molar refractivity (Wildman–Crippen MR) is 60.4 cm³/mol. The van der Waals surface area contributed by atoms with Crippen LogP contribution in [0.25, 0.3) is 0 Å². The Hall–Kier alpha value is 2.31. The van der Waals surface area contributed by atoms with Crippen molar-refractivity contribution in [2.24, 2.45) is 0 Å². The Morgan fingerprint density at radius 3 is 1.19 bits per heavy atom. The number of hydrogen-bond acceptors (Lipinski definition) is 4. The summed E-state index contributed by atoms with van der Waals surface area (Å²) in [5.74, 6) is 0. The first-order valence-electron chi connectivity index (χ1n) is 3.27. The average Bonchev–Trinajstić information content (AvgIpc) is 2.01. The first kappa shape index (κ1) is 20.6. The predicted octanol–water partition coefficient (Wildman–Crippen LogP) is -1.12. The van der Waals surface area contributed by atoms with E-state index < -0.39 is 30.0 Å². The minimum atomic E-state index is -4.66. The van der Waals surface area contributed by atoms with Crippen LogP contribution in [0.1, 0.15) is 0 Å². The maximum atomic E-state index is 10.7. The van der Waals surface area contributed by atoms with E-state index >= 15 is 0 Å². The van der Waals surface area contributed by atoms with Gasteiger partial charge >= 0.3 is 103 Å². The molecule has 1 rings (SSSR count). The van der Waals surface area contributed by atoms with E-state index in [1.165, 1.54) is 12.1 Å². The van der Waals surface area contributed by atoms with Gasteiger partial charge in [0.1, 0.15) is 9.79 Å². The fourth-order valence-electron chi connectivity index (χ4n) is 0.876. The third-order valence-corrected chi connectivity index (χ3v) is 3.36. The van der Waals surface area contributed by atoms with Crippen LogP contribution < -0.4 is 0 Å². The van der Waals surface area contributed by atoms with Crippen LogP contribution in [0.4, 0.5) is 0 Å². The summed E-state index contributed by atoms with van der Waals surface area (Å²) in [5, 5.41) is 0. The molecule has 0 bridgehead atoms. The van der Waals surface area contributed by atoms with Crippen molar-refractivity contribution < 1.29 is 25.9 Å². The monoisotopic (exact) mass is 318 g/mol. The first-order valence-corrected chi connectivity index (χ1v) is 6.15. The topological polar surface area (TPSA) is 109 Å². The van der Waals surface area contributed by atoms with Crippen LogP contribution in [0, 0.1) is 0 Å². The van der Waals surface area contributed by atoms with E-state index in [2.05, 4.69) is 0 Å². The molecule has 0 radical (unpaired) electrons. The summed E-state index contributed by atoms with van der Waals surface area (Å²) in [6.07, 6.45) is 0. The molecule has 0 spiro atoms. The van der Waals surface area contributed by atoms with E-state index in [1.807, 2.05) is 0 Å². The second kappa shape index (κ2) is 7.79. The molecule has 0 fully saturated rings. The number of rotatable bonds is 2. The van der Waals surface area contributed by atoms with E-state index in [1.54, 1.807) is 0 Å². The van der Waals surface area contributed by atoms with Crippen LogP contribution in [0.15, 0.2) is 34.1 Å². The summed E-state index contributed by atoms with van der Waals surface area (Å²) in [4.78, 5) is -1.69. The van der Waals surface area contributed by atoms with Gasteiger partial charge < -0.3 is 0 Å². The molecule has 0 saturated carbocycles. The molecule has 6 nitrogen and oxygen atoms in total. The zero-order chi connectivity index (χ0) is 11.0. The van der Waals surface area contributed by atoms with Crippen molar-refractivity contribution in [2.45, 2.75) is 9.79 Å². The van der Waals surface area contributed by atoms with Gasteiger partial charge in [0.2, 0.25) is 0 Å². The summed E-state index contributed by atoms with van der Waals surface area (Å²) in [6.45, 7) is 0. The summed E-state index contributed by atoms with van der Waals surface area (Å²) >= 11 is 0. The third-order valence-electron chi connectivity index (χ3n) is 1.40. The molecule has 0 unspecified atom stereocenters. The van der Waals surface area contributed by atoms with Crippen LogP contribution in [0.2, 0.25) is 0 Å². The van der Waals surface area contributed by atoms with Crippen molar-refractivity contribution in [3.63, 3.8) is 0 Å². The Kier molecular flexibility index (Phi) is 10.0. The Labute approximate surface area is 179 Å². The third kappa shape index (κ3) is 5.97. The molecule has 2 N–H and O–H groups in total. The second-order valence-corrected chi connectivity index (χ2v) is 5.18. The van der Waals surface area contributed by atoms with E-state index in [-0.39, 0.29) is 103 Å². The van der Waals surface area contributed by atoms with Gasteiger partial charge in [-0.15, -0.1) is 0 Å². The van der Waals surface area contributed by atoms with Crippen molar-refractivity contribution in [3.8, 4) is 0 Å². The molecule has 1 aromatic carbocycles. The van der Waals surface area contributed by atoms with E-state index in [0.29, 0.717) is 0 Å². The molecule has 0 aliphatic carbocycles. The van der Waals surface area contributed by atoms with Crippen molar-refractivity contribution in [1.29, 1.82) is 0 Å². The fraction of sp³-hybridized carbons (Fsp3) is 0. The summed E-state index contributed by atoms with van der Waals surface area (Å²) < 4.78 is 60.0. The quantitative estimate of drug-likeness (QED) is 0.528. The molecular formula is C6H8K2O6S2. The Morgan fingerprint density at radius 1 is 0.750 bits per heavy atom. The van der Waals surface area contributed by atoms with Crippen LogP contribution in [-0.2, 0) is 20.2 Å². The molecule has 0 aliphatic heterocycles. The van der Waals surface area contributed by atoms with Gasteiger partial charge in [0.15, 0.2) is 0 Å². The average molecular weight is 318 g/mol. The molecule has 0 heterocycles. The molecule has 0 atom stereocenters. The summed E-state index contributed by atoms with van der Waals surface area (Å²) in [5.41, 5.74) is 0. The minimum absolute atomic E-state index is 0. The summed E-state index contributed by atoms with van der Waals surface area (Å²) in [7, 11) is -9.31. The molecule has 0 amide bonds. The summed E-state index contributed by atoms with van der Waals surface area (Å²) in [6, 6.07) is 4.19. The molecule has 1 aromatic rings. The van der Waals surface area contributed by atoms with E-state index in [0.717, 1.165) is 12.1 Å². The van der Waals surface area contributed by atoms with Gasteiger partial charge in [-0.05, 0) is 12.1 Å².